The van der Waals surface area contributed by atoms with Gasteiger partial charge in [0, 0.05) is 12.7 Å². The van der Waals surface area contributed by atoms with Crippen LogP contribution in [0.2, 0.25) is 0 Å². The number of ether oxygens (including phenoxy) is 1. The fourth-order valence-electron chi connectivity index (χ4n) is 1.47. The van der Waals surface area contributed by atoms with Gasteiger partial charge in [-0.1, -0.05) is 5.16 Å². The summed E-state index contributed by atoms with van der Waals surface area (Å²) >= 11 is 0. The van der Waals surface area contributed by atoms with Crippen LogP contribution in [0.25, 0.3) is 0 Å². The van der Waals surface area contributed by atoms with Crippen LogP contribution in [0.15, 0.2) is 16.9 Å². The van der Waals surface area contributed by atoms with Gasteiger partial charge in [-0.2, -0.15) is 0 Å². The zero-order chi connectivity index (χ0) is 7.73. The van der Waals surface area contributed by atoms with Crippen LogP contribution in [0.5, 0.6) is 0 Å². The fraction of sp³-hybridized carbons (Fsp3) is 0.625. The van der Waals surface area contributed by atoms with E-state index < -0.39 is 0 Å². The van der Waals surface area contributed by atoms with Crippen molar-refractivity contribution in [2.45, 2.75) is 25.4 Å². The predicted molar refractivity (Wildman–Crippen MR) is 39.0 cm³/mol. The van der Waals surface area contributed by atoms with E-state index in [0.717, 1.165) is 25.1 Å². The van der Waals surface area contributed by atoms with Gasteiger partial charge in [0.05, 0.1) is 0 Å². The van der Waals surface area contributed by atoms with Gasteiger partial charge < -0.3 is 9.26 Å². The lowest BCUT2D eigenvalue weighted by molar-refractivity contribution is 0.0109. The van der Waals surface area contributed by atoms with E-state index in [9.17, 15) is 0 Å². The van der Waals surface area contributed by atoms with E-state index in [-0.39, 0.29) is 5.60 Å². The second-order valence-corrected chi connectivity index (χ2v) is 3.07. The van der Waals surface area contributed by atoms with Crippen LogP contribution in [0.4, 0.5) is 0 Å². The number of rotatable bonds is 1. The molecular formula is C8H11NO2. The maximum atomic E-state index is 5.56. The smallest absolute Gasteiger partial charge is 0.124 e. The van der Waals surface area contributed by atoms with Crippen molar-refractivity contribution in [3.63, 3.8) is 0 Å². The van der Waals surface area contributed by atoms with Crippen molar-refractivity contribution in [3.05, 3.63) is 18.0 Å². The molecule has 1 unspecified atom stereocenters. The average molecular weight is 153 g/mol. The van der Waals surface area contributed by atoms with Crippen LogP contribution in [-0.4, -0.2) is 11.8 Å². The van der Waals surface area contributed by atoms with E-state index in [2.05, 4.69) is 12.1 Å². The molecule has 2 heterocycles. The van der Waals surface area contributed by atoms with E-state index in [1.54, 1.807) is 6.26 Å². The Morgan fingerprint density at radius 2 is 2.55 bits per heavy atom. The molecule has 0 bridgehead atoms. The van der Waals surface area contributed by atoms with Gasteiger partial charge in [-0.25, -0.2) is 0 Å². The molecular weight excluding hydrogens is 142 g/mol. The van der Waals surface area contributed by atoms with Crippen molar-refractivity contribution >= 4 is 0 Å². The van der Waals surface area contributed by atoms with Gasteiger partial charge in [0.25, 0.3) is 0 Å². The molecule has 0 aromatic carbocycles. The van der Waals surface area contributed by atoms with Crippen molar-refractivity contribution < 1.29 is 9.26 Å². The molecule has 0 aliphatic carbocycles. The first-order chi connectivity index (χ1) is 5.31. The molecule has 3 nitrogen and oxygen atoms in total. The number of hydrogen-bond donors (Lipinski definition) is 0. The third-order valence-corrected chi connectivity index (χ3v) is 2.20. The molecule has 3 heteroatoms. The Hall–Kier alpha value is -0.830. The van der Waals surface area contributed by atoms with E-state index in [4.69, 9.17) is 9.26 Å². The van der Waals surface area contributed by atoms with E-state index in [1.807, 2.05) is 6.07 Å². The Kier molecular flexibility index (Phi) is 1.46. The monoisotopic (exact) mass is 153 g/mol. The summed E-state index contributed by atoms with van der Waals surface area (Å²) < 4.78 is 10.3. The van der Waals surface area contributed by atoms with Gasteiger partial charge in [-0.05, 0) is 19.8 Å². The molecule has 0 radical (unpaired) electrons. The Morgan fingerprint density at radius 3 is 3.09 bits per heavy atom. The quantitative estimate of drug-likeness (QED) is 0.616. The van der Waals surface area contributed by atoms with Crippen LogP contribution < -0.4 is 0 Å². The number of aromatic nitrogens is 1. The standard InChI is InChI=1S/C8H11NO2/c1-8(4-2-5-10-8)7-3-6-11-9-7/h3,6H,2,4-5H2,1H3. The molecule has 0 saturated carbocycles. The molecule has 1 aromatic rings. The maximum absolute atomic E-state index is 5.56. The second kappa shape index (κ2) is 2.34. The largest absolute Gasteiger partial charge is 0.369 e. The molecule has 1 aliphatic heterocycles. The minimum absolute atomic E-state index is 0.188. The molecule has 0 N–H and O–H groups in total. The van der Waals surface area contributed by atoms with Gasteiger partial charge in [-0.3, -0.25) is 0 Å². The van der Waals surface area contributed by atoms with Gasteiger partial charge in [0.15, 0.2) is 0 Å². The van der Waals surface area contributed by atoms with Gasteiger partial charge >= 0.3 is 0 Å². The minimum Gasteiger partial charge on any atom is -0.369 e. The van der Waals surface area contributed by atoms with Crippen LogP contribution in [-0.2, 0) is 10.3 Å². The lowest BCUT2D eigenvalue weighted by Gasteiger charge is -2.18. The topological polar surface area (TPSA) is 35.3 Å². The molecule has 1 fully saturated rings. The Balaban J connectivity index is 2.27. The van der Waals surface area contributed by atoms with Crippen molar-refractivity contribution in [3.8, 4) is 0 Å². The summed E-state index contributed by atoms with van der Waals surface area (Å²) in [4.78, 5) is 0. The normalized spacial score (nSPS) is 31.0. The lowest BCUT2D eigenvalue weighted by atomic mass is 9.99. The highest BCUT2D eigenvalue weighted by Gasteiger charge is 2.33. The summed E-state index contributed by atoms with van der Waals surface area (Å²) in [6, 6.07) is 1.87. The molecule has 1 atom stereocenters. The molecule has 1 aromatic heterocycles. The van der Waals surface area contributed by atoms with Crippen LogP contribution in [0.3, 0.4) is 0 Å². The first kappa shape index (κ1) is 6.85. The van der Waals surface area contributed by atoms with Crippen LogP contribution >= 0.6 is 0 Å². The Bertz CT molecular complexity index is 224. The number of hydrogen-bond acceptors (Lipinski definition) is 3. The summed E-state index contributed by atoms with van der Waals surface area (Å²) in [5.41, 5.74) is 0.725. The molecule has 11 heavy (non-hydrogen) atoms. The second-order valence-electron chi connectivity index (χ2n) is 3.07. The highest BCUT2D eigenvalue weighted by molar-refractivity contribution is 5.08. The van der Waals surface area contributed by atoms with Gasteiger partial charge in [-0.15, -0.1) is 0 Å². The number of nitrogens with zero attached hydrogens (tertiary/aromatic N) is 1. The predicted octanol–water partition coefficient (Wildman–Crippen LogP) is 1.70. The molecule has 1 aliphatic rings. The van der Waals surface area contributed by atoms with Crippen molar-refractivity contribution in [1.82, 2.24) is 5.16 Å². The van der Waals surface area contributed by atoms with Gasteiger partial charge in [0.2, 0.25) is 0 Å². The summed E-state index contributed by atoms with van der Waals surface area (Å²) in [5, 5.41) is 3.87. The lowest BCUT2D eigenvalue weighted by Crippen LogP contribution is -2.19. The molecule has 2 rings (SSSR count). The zero-order valence-electron chi connectivity index (χ0n) is 6.54. The molecule has 60 valence electrons. The summed E-state index contributed by atoms with van der Waals surface area (Å²) in [7, 11) is 0. The SMILES string of the molecule is CC1(c2ccon2)CCCO1. The van der Waals surface area contributed by atoms with Crippen molar-refractivity contribution in [1.29, 1.82) is 0 Å². The van der Waals surface area contributed by atoms with E-state index in [0.29, 0.717) is 0 Å². The molecule has 0 spiro atoms. The maximum Gasteiger partial charge on any atom is 0.124 e. The molecule has 0 amide bonds. The third kappa shape index (κ3) is 1.05. The minimum atomic E-state index is -0.188. The van der Waals surface area contributed by atoms with E-state index in [1.165, 1.54) is 0 Å². The summed E-state index contributed by atoms with van der Waals surface area (Å²) in [6.07, 6.45) is 3.74. The Labute approximate surface area is 65.3 Å². The highest BCUT2D eigenvalue weighted by Crippen LogP contribution is 2.34. The Morgan fingerprint density at radius 1 is 1.64 bits per heavy atom. The van der Waals surface area contributed by atoms with Crippen molar-refractivity contribution in [2.24, 2.45) is 0 Å². The van der Waals surface area contributed by atoms with Crippen molar-refractivity contribution in [2.75, 3.05) is 6.61 Å². The van der Waals surface area contributed by atoms with Crippen LogP contribution in [0.1, 0.15) is 25.5 Å². The fourth-order valence-corrected chi connectivity index (χ4v) is 1.47. The third-order valence-electron chi connectivity index (χ3n) is 2.20. The summed E-state index contributed by atoms with van der Waals surface area (Å²) in [5.74, 6) is 0. The average Bonchev–Trinajstić information content (AvgIpc) is 2.55. The first-order valence-corrected chi connectivity index (χ1v) is 3.86. The van der Waals surface area contributed by atoms with Crippen LogP contribution in [0, 0.1) is 0 Å². The highest BCUT2D eigenvalue weighted by atomic mass is 16.5. The van der Waals surface area contributed by atoms with E-state index >= 15 is 0 Å². The zero-order valence-corrected chi connectivity index (χ0v) is 6.54. The van der Waals surface area contributed by atoms with Gasteiger partial charge in [0.1, 0.15) is 17.6 Å². The molecule has 1 saturated heterocycles. The first-order valence-electron chi connectivity index (χ1n) is 3.86. The summed E-state index contributed by atoms with van der Waals surface area (Å²) in [6.45, 7) is 2.89.